The lowest BCUT2D eigenvalue weighted by atomic mass is 10.6. The van der Waals surface area contributed by atoms with Gasteiger partial charge >= 0.3 is 0 Å². The average molecular weight is 232 g/mol. The van der Waals surface area contributed by atoms with Gasteiger partial charge in [-0.1, -0.05) is 6.92 Å². The average Bonchev–Trinajstić information content (AvgIpc) is 2.61. The third kappa shape index (κ3) is 2.58. The van der Waals surface area contributed by atoms with Gasteiger partial charge in [0, 0.05) is 32.5 Å². The molecule has 1 N–H and O–H groups in total. The van der Waals surface area contributed by atoms with Crippen LogP contribution in [0, 0.1) is 0 Å². The van der Waals surface area contributed by atoms with E-state index in [1.165, 1.54) is 4.31 Å². The lowest BCUT2D eigenvalue weighted by Crippen LogP contribution is -2.33. The predicted octanol–water partition coefficient (Wildman–Crippen LogP) is 0.0280. The number of hydrogen-bond acceptors (Lipinski definition) is 3. The largest absolute Gasteiger partial charge is 0.395 e. The van der Waals surface area contributed by atoms with Gasteiger partial charge in [0.15, 0.2) is 0 Å². The Bertz CT molecular complexity index is 411. The zero-order valence-corrected chi connectivity index (χ0v) is 9.74. The SMILES string of the molecule is CCN(CCO)S(=O)(=O)c1ccn(C)c1. The summed E-state index contributed by atoms with van der Waals surface area (Å²) >= 11 is 0. The molecule has 0 radical (unpaired) electrons. The van der Waals surface area contributed by atoms with E-state index < -0.39 is 10.0 Å². The Kier molecular flexibility index (Phi) is 3.90. The molecule has 0 bridgehead atoms. The first kappa shape index (κ1) is 12.2. The molecule has 6 heteroatoms. The molecule has 1 aromatic rings. The quantitative estimate of drug-likeness (QED) is 0.779. The molecule has 0 spiro atoms. The molecule has 15 heavy (non-hydrogen) atoms. The van der Waals surface area contributed by atoms with Gasteiger partial charge in [-0.05, 0) is 6.07 Å². The highest BCUT2D eigenvalue weighted by Crippen LogP contribution is 2.14. The number of sulfonamides is 1. The molecule has 1 heterocycles. The fraction of sp³-hybridized carbons (Fsp3) is 0.556. The number of aromatic nitrogens is 1. The van der Waals surface area contributed by atoms with Crippen molar-refractivity contribution < 1.29 is 13.5 Å². The number of hydrogen-bond donors (Lipinski definition) is 1. The smallest absolute Gasteiger partial charge is 0.244 e. The maximum absolute atomic E-state index is 12.0. The molecular weight excluding hydrogens is 216 g/mol. The van der Waals surface area contributed by atoms with Gasteiger partial charge in [0.2, 0.25) is 10.0 Å². The van der Waals surface area contributed by atoms with Crippen molar-refractivity contribution in [3.8, 4) is 0 Å². The van der Waals surface area contributed by atoms with Crippen molar-refractivity contribution in [2.24, 2.45) is 7.05 Å². The molecule has 0 saturated heterocycles. The van der Waals surface area contributed by atoms with Crippen molar-refractivity contribution in [3.05, 3.63) is 18.5 Å². The fourth-order valence-corrected chi connectivity index (χ4v) is 2.83. The van der Waals surface area contributed by atoms with Crippen LogP contribution < -0.4 is 0 Å². The first-order chi connectivity index (χ1) is 7.02. The maximum atomic E-state index is 12.0. The number of nitrogens with zero attached hydrogens (tertiary/aromatic N) is 2. The minimum Gasteiger partial charge on any atom is -0.395 e. The van der Waals surface area contributed by atoms with Gasteiger partial charge in [0.25, 0.3) is 0 Å². The van der Waals surface area contributed by atoms with Crippen molar-refractivity contribution in [2.45, 2.75) is 11.8 Å². The van der Waals surface area contributed by atoms with E-state index in [0.29, 0.717) is 6.54 Å². The Hall–Kier alpha value is -0.850. The van der Waals surface area contributed by atoms with E-state index in [9.17, 15) is 8.42 Å². The molecule has 0 fully saturated rings. The highest BCUT2D eigenvalue weighted by atomic mass is 32.2. The summed E-state index contributed by atoms with van der Waals surface area (Å²) in [7, 11) is -1.67. The zero-order valence-electron chi connectivity index (χ0n) is 8.92. The first-order valence-corrected chi connectivity index (χ1v) is 6.19. The number of rotatable bonds is 5. The van der Waals surface area contributed by atoms with Crippen molar-refractivity contribution in [2.75, 3.05) is 19.7 Å². The minimum absolute atomic E-state index is 0.133. The van der Waals surface area contributed by atoms with Crippen LogP contribution in [0.5, 0.6) is 0 Å². The van der Waals surface area contributed by atoms with Crippen LogP contribution in [0.25, 0.3) is 0 Å². The number of aliphatic hydroxyl groups excluding tert-OH is 1. The molecule has 1 aromatic heterocycles. The van der Waals surface area contributed by atoms with Crippen LogP contribution in [-0.2, 0) is 17.1 Å². The highest BCUT2D eigenvalue weighted by Gasteiger charge is 2.22. The Morgan fingerprint density at radius 1 is 1.53 bits per heavy atom. The summed E-state index contributed by atoms with van der Waals surface area (Å²) in [6.07, 6.45) is 3.23. The minimum atomic E-state index is -3.44. The maximum Gasteiger partial charge on any atom is 0.244 e. The van der Waals surface area contributed by atoms with Crippen LogP contribution in [0.3, 0.4) is 0 Å². The molecule has 0 amide bonds. The molecule has 1 rings (SSSR count). The van der Waals surface area contributed by atoms with Gasteiger partial charge < -0.3 is 9.67 Å². The van der Waals surface area contributed by atoms with Gasteiger partial charge in [-0.3, -0.25) is 0 Å². The normalized spacial score (nSPS) is 12.3. The molecule has 0 unspecified atom stereocenters. The lowest BCUT2D eigenvalue weighted by Gasteiger charge is -2.18. The van der Waals surface area contributed by atoms with E-state index in [-0.39, 0.29) is 18.0 Å². The summed E-state index contributed by atoms with van der Waals surface area (Å²) in [5.41, 5.74) is 0. The van der Waals surface area contributed by atoms with Crippen LogP contribution in [0.2, 0.25) is 0 Å². The molecule has 0 atom stereocenters. The molecule has 0 aromatic carbocycles. The Morgan fingerprint density at radius 3 is 2.60 bits per heavy atom. The van der Waals surface area contributed by atoms with Gasteiger partial charge in [0.05, 0.1) is 11.5 Å². The molecular formula is C9H16N2O3S. The zero-order chi connectivity index (χ0) is 11.5. The summed E-state index contributed by atoms with van der Waals surface area (Å²) < 4.78 is 26.9. The van der Waals surface area contributed by atoms with Crippen molar-refractivity contribution in [1.82, 2.24) is 8.87 Å². The van der Waals surface area contributed by atoms with Gasteiger partial charge in [-0.2, -0.15) is 4.31 Å². The predicted molar refractivity (Wildman–Crippen MR) is 56.9 cm³/mol. The summed E-state index contributed by atoms with van der Waals surface area (Å²) in [4.78, 5) is 0.264. The third-order valence-corrected chi connectivity index (χ3v) is 4.10. The van der Waals surface area contributed by atoms with Crippen LogP contribution in [-0.4, -0.2) is 42.1 Å². The molecule has 0 saturated carbocycles. The summed E-state index contributed by atoms with van der Waals surface area (Å²) in [5, 5.41) is 8.77. The van der Waals surface area contributed by atoms with Gasteiger partial charge in [-0.25, -0.2) is 8.42 Å². The van der Waals surface area contributed by atoms with Gasteiger partial charge in [0.1, 0.15) is 0 Å². The molecule has 0 aliphatic carbocycles. The van der Waals surface area contributed by atoms with E-state index in [4.69, 9.17) is 5.11 Å². The van der Waals surface area contributed by atoms with Crippen molar-refractivity contribution in [3.63, 3.8) is 0 Å². The lowest BCUT2D eigenvalue weighted by molar-refractivity contribution is 0.257. The number of likely N-dealkylation sites (N-methyl/N-ethyl adjacent to an activating group) is 1. The second-order valence-corrected chi connectivity index (χ2v) is 5.17. The van der Waals surface area contributed by atoms with Crippen molar-refractivity contribution in [1.29, 1.82) is 0 Å². The topological polar surface area (TPSA) is 62.5 Å². The van der Waals surface area contributed by atoms with Crippen LogP contribution in [0.1, 0.15) is 6.92 Å². The van der Waals surface area contributed by atoms with Crippen LogP contribution in [0.15, 0.2) is 23.4 Å². The standard InChI is InChI=1S/C9H16N2O3S/c1-3-11(6-7-12)15(13,14)9-4-5-10(2)8-9/h4-5,8,12H,3,6-7H2,1-2H3. The van der Waals surface area contributed by atoms with E-state index in [1.54, 1.807) is 37.0 Å². The second-order valence-electron chi connectivity index (χ2n) is 3.23. The fourth-order valence-electron chi connectivity index (χ4n) is 1.34. The molecule has 5 nitrogen and oxygen atoms in total. The second kappa shape index (κ2) is 4.78. The number of aliphatic hydroxyl groups is 1. The summed E-state index contributed by atoms with van der Waals surface area (Å²) in [5.74, 6) is 0. The first-order valence-electron chi connectivity index (χ1n) is 4.75. The summed E-state index contributed by atoms with van der Waals surface area (Å²) in [6, 6.07) is 1.55. The van der Waals surface area contributed by atoms with E-state index in [2.05, 4.69) is 0 Å². The Labute approximate surface area is 90.0 Å². The van der Waals surface area contributed by atoms with Crippen LogP contribution in [0.4, 0.5) is 0 Å². The summed E-state index contributed by atoms with van der Waals surface area (Å²) in [6.45, 7) is 2.07. The van der Waals surface area contributed by atoms with Gasteiger partial charge in [-0.15, -0.1) is 0 Å². The van der Waals surface area contributed by atoms with Crippen molar-refractivity contribution >= 4 is 10.0 Å². The Morgan fingerprint density at radius 2 is 2.20 bits per heavy atom. The van der Waals surface area contributed by atoms with Crippen LogP contribution >= 0.6 is 0 Å². The van der Waals surface area contributed by atoms with E-state index in [0.717, 1.165) is 0 Å². The molecule has 0 aliphatic heterocycles. The monoisotopic (exact) mass is 232 g/mol. The van der Waals surface area contributed by atoms with E-state index in [1.807, 2.05) is 0 Å². The highest BCUT2D eigenvalue weighted by molar-refractivity contribution is 7.89. The Balaban J connectivity index is 3.00. The molecule has 86 valence electrons. The number of aryl methyl sites for hydroxylation is 1. The van der Waals surface area contributed by atoms with E-state index >= 15 is 0 Å². The third-order valence-electron chi connectivity index (χ3n) is 2.14. The molecule has 0 aliphatic rings.